The molecule has 1 rings (SSSR count). The molecule has 0 aromatic heterocycles. The first-order valence-electron chi connectivity index (χ1n) is 3.77. The Hall–Kier alpha value is -1.48. The highest BCUT2D eigenvalue weighted by molar-refractivity contribution is 7.89. The maximum Gasteiger partial charge on any atom is 0.573 e. The number of nitrogen functional groups attached to an aromatic ring is 1. The average Bonchev–Trinajstić information content (AvgIpc) is 1.97. The van der Waals surface area contributed by atoms with Crippen LogP contribution in [0.2, 0.25) is 0 Å². The SMILES string of the molecule is Nc1cc(OC(F)(F)F)cc(S(N)(=O)=O)c1. The first-order chi connectivity index (χ1) is 7.08. The lowest BCUT2D eigenvalue weighted by Gasteiger charge is -2.10. The normalized spacial score (nSPS) is 12.5. The molecule has 0 aliphatic heterocycles. The highest BCUT2D eigenvalue weighted by atomic mass is 32.2. The summed E-state index contributed by atoms with van der Waals surface area (Å²) in [5.74, 6) is -0.739. The standard InChI is InChI=1S/C7H7F3N2O3S/c8-7(9,10)15-5-1-4(11)2-6(3-5)16(12,13)14/h1-3H,11H2,(H2,12,13,14). The fraction of sp³-hybridized carbons (Fsp3) is 0.143. The molecule has 0 heterocycles. The summed E-state index contributed by atoms with van der Waals surface area (Å²) in [5, 5.41) is 4.74. The molecule has 5 nitrogen and oxygen atoms in total. The van der Waals surface area contributed by atoms with E-state index in [1.165, 1.54) is 0 Å². The Kier molecular flexibility index (Phi) is 3.01. The molecular weight excluding hydrogens is 249 g/mol. The lowest BCUT2D eigenvalue weighted by atomic mass is 10.3. The van der Waals surface area contributed by atoms with Gasteiger partial charge in [0.1, 0.15) is 5.75 Å². The second-order valence-corrected chi connectivity index (χ2v) is 4.39. The Labute approximate surface area is 88.8 Å². The van der Waals surface area contributed by atoms with Crippen molar-refractivity contribution in [3.8, 4) is 5.75 Å². The van der Waals surface area contributed by atoms with Crippen LogP contribution in [0.1, 0.15) is 0 Å². The first kappa shape index (κ1) is 12.6. The lowest BCUT2D eigenvalue weighted by molar-refractivity contribution is -0.274. The van der Waals surface area contributed by atoms with Crippen LogP contribution in [0, 0.1) is 0 Å². The number of rotatable bonds is 2. The summed E-state index contributed by atoms with van der Waals surface area (Å²) in [6.45, 7) is 0. The summed E-state index contributed by atoms with van der Waals surface area (Å²) in [6.07, 6.45) is -4.93. The number of anilines is 1. The van der Waals surface area contributed by atoms with Gasteiger partial charge in [-0.15, -0.1) is 13.2 Å². The molecule has 0 amide bonds. The van der Waals surface area contributed by atoms with Crippen molar-refractivity contribution in [2.24, 2.45) is 5.14 Å². The van der Waals surface area contributed by atoms with Crippen molar-refractivity contribution in [1.82, 2.24) is 0 Å². The van der Waals surface area contributed by atoms with E-state index in [9.17, 15) is 21.6 Å². The van der Waals surface area contributed by atoms with Crippen molar-refractivity contribution in [3.05, 3.63) is 18.2 Å². The minimum atomic E-state index is -4.93. The van der Waals surface area contributed by atoms with Gasteiger partial charge in [0.25, 0.3) is 0 Å². The number of alkyl halides is 3. The van der Waals surface area contributed by atoms with Crippen LogP contribution in [0.5, 0.6) is 5.75 Å². The van der Waals surface area contributed by atoms with E-state index in [1.54, 1.807) is 0 Å². The van der Waals surface area contributed by atoms with Crippen LogP contribution < -0.4 is 15.6 Å². The van der Waals surface area contributed by atoms with Crippen molar-refractivity contribution in [2.75, 3.05) is 5.73 Å². The van der Waals surface area contributed by atoms with Crippen molar-refractivity contribution < 1.29 is 26.3 Å². The van der Waals surface area contributed by atoms with Crippen LogP contribution in [-0.2, 0) is 10.0 Å². The second kappa shape index (κ2) is 3.83. The van der Waals surface area contributed by atoms with Crippen LogP contribution in [0.25, 0.3) is 0 Å². The van der Waals surface area contributed by atoms with Crippen LogP contribution in [0.15, 0.2) is 23.1 Å². The molecule has 9 heteroatoms. The number of hydrogen-bond donors (Lipinski definition) is 2. The fourth-order valence-electron chi connectivity index (χ4n) is 0.951. The van der Waals surface area contributed by atoms with Crippen LogP contribution in [0.4, 0.5) is 18.9 Å². The van der Waals surface area contributed by atoms with E-state index in [0.717, 1.165) is 12.1 Å². The van der Waals surface area contributed by atoms with Gasteiger partial charge in [-0.3, -0.25) is 0 Å². The van der Waals surface area contributed by atoms with Crippen LogP contribution in [0.3, 0.4) is 0 Å². The Balaban J connectivity index is 3.19. The van der Waals surface area contributed by atoms with Gasteiger partial charge < -0.3 is 10.5 Å². The average molecular weight is 256 g/mol. The molecule has 0 atom stereocenters. The number of hydrogen-bond acceptors (Lipinski definition) is 4. The first-order valence-corrected chi connectivity index (χ1v) is 5.32. The largest absolute Gasteiger partial charge is 0.573 e. The van der Waals surface area contributed by atoms with Crippen molar-refractivity contribution in [1.29, 1.82) is 0 Å². The molecule has 4 N–H and O–H groups in total. The van der Waals surface area contributed by atoms with E-state index < -0.39 is 27.0 Å². The van der Waals surface area contributed by atoms with Gasteiger partial charge in [0, 0.05) is 17.8 Å². The third-order valence-corrected chi connectivity index (χ3v) is 2.36. The Morgan fingerprint density at radius 2 is 1.75 bits per heavy atom. The van der Waals surface area contributed by atoms with E-state index in [2.05, 4.69) is 4.74 Å². The van der Waals surface area contributed by atoms with Gasteiger partial charge in [-0.25, -0.2) is 13.6 Å². The minimum Gasteiger partial charge on any atom is -0.406 e. The van der Waals surface area contributed by atoms with Crippen LogP contribution >= 0.6 is 0 Å². The topological polar surface area (TPSA) is 95.4 Å². The third kappa shape index (κ3) is 3.59. The summed E-state index contributed by atoms with van der Waals surface area (Å²) in [7, 11) is -4.13. The van der Waals surface area contributed by atoms with Gasteiger partial charge >= 0.3 is 6.36 Å². The number of halogens is 3. The number of sulfonamides is 1. The lowest BCUT2D eigenvalue weighted by Crippen LogP contribution is -2.18. The van der Waals surface area contributed by atoms with E-state index >= 15 is 0 Å². The molecule has 0 bridgehead atoms. The molecule has 0 radical (unpaired) electrons. The van der Waals surface area contributed by atoms with E-state index in [0.29, 0.717) is 6.07 Å². The molecule has 16 heavy (non-hydrogen) atoms. The van der Waals surface area contributed by atoms with Crippen LogP contribution in [-0.4, -0.2) is 14.8 Å². The quantitative estimate of drug-likeness (QED) is 0.765. The summed E-state index contributed by atoms with van der Waals surface area (Å²) in [6, 6.07) is 2.40. The highest BCUT2D eigenvalue weighted by Crippen LogP contribution is 2.27. The third-order valence-electron chi connectivity index (χ3n) is 1.46. The van der Waals surface area contributed by atoms with Gasteiger partial charge in [-0.2, -0.15) is 0 Å². The highest BCUT2D eigenvalue weighted by Gasteiger charge is 2.31. The number of nitrogens with two attached hydrogens (primary N) is 2. The minimum absolute atomic E-state index is 0.203. The number of ether oxygens (including phenoxy) is 1. The molecule has 1 aromatic carbocycles. The summed E-state index contributed by atoms with van der Waals surface area (Å²) < 4.78 is 60.9. The van der Waals surface area contributed by atoms with Gasteiger partial charge in [0.15, 0.2) is 0 Å². The second-order valence-electron chi connectivity index (χ2n) is 2.83. The number of benzene rings is 1. The zero-order chi connectivity index (χ0) is 12.6. The van der Waals surface area contributed by atoms with E-state index in [-0.39, 0.29) is 5.69 Å². The molecule has 0 spiro atoms. The molecule has 1 aromatic rings. The van der Waals surface area contributed by atoms with Gasteiger partial charge in [-0.1, -0.05) is 0 Å². The predicted octanol–water partition coefficient (Wildman–Crippen LogP) is 0.815. The van der Waals surface area contributed by atoms with Gasteiger partial charge in [0.2, 0.25) is 10.0 Å². The Morgan fingerprint density at radius 3 is 2.19 bits per heavy atom. The van der Waals surface area contributed by atoms with E-state index in [1.807, 2.05) is 0 Å². The van der Waals surface area contributed by atoms with E-state index in [4.69, 9.17) is 10.9 Å². The predicted molar refractivity (Wildman–Crippen MR) is 48.9 cm³/mol. The molecule has 0 saturated heterocycles. The molecule has 0 aliphatic carbocycles. The molecule has 0 saturated carbocycles. The molecule has 0 unspecified atom stereocenters. The zero-order valence-electron chi connectivity index (χ0n) is 7.65. The number of primary sulfonamides is 1. The Morgan fingerprint density at radius 1 is 1.19 bits per heavy atom. The smallest absolute Gasteiger partial charge is 0.406 e. The van der Waals surface area contributed by atoms with Gasteiger partial charge in [-0.05, 0) is 6.07 Å². The van der Waals surface area contributed by atoms with Crippen molar-refractivity contribution in [2.45, 2.75) is 11.3 Å². The van der Waals surface area contributed by atoms with Crippen molar-refractivity contribution in [3.63, 3.8) is 0 Å². The maximum absolute atomic E-state index is 11.9. The summed E-state index contributed by atoms with van der Waals surface area (Å²) >= 11 is 0. The summed E-state index contributed by atoms with van der Waals surface area (Å²) in [4.78, 5) is -0.549. The van der Waals surface area contributed by atoms with Crippen molar-refractivity contribution >= 4 is 15.7 Å². The summed E-state index contributed by atoms with van der Waals surface area (Å²) in [5.41, 5.74) is 5.00. The maximum atomic E-state index is 11.9. The monoisotopic (exact) mass is 256 g/mol. The fourth-order valence-corrected chi connectivity index (χ4v) is 1.53. The molecule has 0 fully saturated rings. The Bertz CT molecular complexity index is 498. The molecule has 0 aliphatic rings. The molecular formula is C7H7F3N2O3S. The zero-order valence-corrected chi connectivity index (χ0v) is 8.47. The molecule has 90 valence electrons. The van der Waals surface area contributed by atoms with Gasteiger partial charge in [0.05, 0.1) is 4.90 Å².